The first-order valence-corrected chi connectivity index (χ1v) is 5.84. The molecule has 0 unspecified atom stereocenters. The lowest BCUT2D eigenvalue weighted by atomic mass is 10.1. The molecule has 2 nitrogen and oxygen atoms in total. The summed E-state index contributed by atoms with van der Waals surface area (Å²) in [5, 5.41) is 8.33. The Morgan fingerprint density at radius 2 is 1.45 bits per heavy atom. The van der Waals surface area contributed by atoms with Crippen molar-refractivity contribution in [1.82, 2.24) is 0 Å². The number of hydrogen-bond donors (Lipinski definition) is 1. The molecule has 0 saturated carbocycles. The van der Waals surface area contributed by atoms with E-state index in [1.807, 2.05) is 0 Å². The quantitative estimate of drug-likeness (QED) is 0.929. The standard InChI is InChI=1S/C9H8F2O2.C6H5F/c10-7-3-6(1-2-9(12)13)4-8(11)5-7;7-6-4-2-1-3-5-6/h3-5H,1-2H2,(H,12,13);1-5H. The van der Waals surface area contributed by atoms with Crippen molar-refractivity contribution in [2.45, 2.75) is 12.8 Å². The Labute approximate surface area is 114 Å². The highest BCUT2D eigenvalue weighted by atomic mass is 19.1. The molecule has 2 aromatic rings. The second kappa shape index (κ2) is 7.99. The smallest absolute Gasteiger partial charge is 0.303 e. The number of aliphatic carboxylic acids is 1. The maximum Gasteiger partial charge on any atom is 0.303 e. The van der Waals surface area contributed by atoms with E-state index in [-0.39, 0.29) is 18.7 Å². The van der Waals surface area contributed by atoms with Crippen LogP contribution in [0.4, 0.5) is 13.2 Å². The highest BCUT2D eigenvalue weighted by molar-refractivity contribution is 5.67. The molecule has 0 aliphatic carbocycles. The minimum atomic E-state index is -0.982. The van der Waals surface area contributed by atoms with E-state index >= 15 is 0 Å². The number of carbonyl (C=O) groups is 1. The van der Waals surface area contributed by atoms with E-state index in [2.05, 4.69) is 0 Å². The van der Waals surface area contributed by atoms with Crippen molar-refractivity contribution in [3.05, 3.63) is 71.5 Å². The SMILES string of the molecule is Fc1ccccc1.O=C(O)CCc1cc(F)cc(F)c1. The highest BCUT2D eigenvalue weighted by Crippen LogP contribution is 2.09. The van der Waals surface area contributed by atoms with Crippen LogP contribution in [-0.2, 0) is 11.2 Å². The maximum absolute atomic E-state index is 12.6. The number of carboxylic acid groups (broad SMARTS) is 1. The number of hydrogen-bond acceptors (Lipinski definition) is 1. The molecule has 2 aromatic carbocycles. The van der Waals surface area contributed by atoms with Gasteiger partial charge in [0, 0.05) is 12.5 Å². The zero-order chi connectivity index (χ0) is 15.0. The van der Waals surface area contributed by atoms with Gasteiger partial charge in [0.1, 0.15) is 17.5 Å². The lowest BCUT2D eigenvalue weighted by Crippen LogP contribution is -1.98. The zero-order valence-corrected chi connectivity index (χ0v) is 10.5. The Morgan fingerprint density at radius 3 is 1.85 bits per heavy atom. The van der Waals surface area contributed by atoms with Gasteiger partial charge in [-0.1, -0.05) is 18.2 Å². The summed E-state index contributed by atoms with van der Waals surface area (Å²) < 4.78 is 37.0. The van der Waals surface area contributed by atoms with Crippen molar-refractivity contribution in [1.29, 1.82) is 0 Å². The van der Waals surface area contributed by atoms with Crippen LogP contribution < -0.4 is 0 Å². The first-order chi connectivity index (χ1) is 9.47. The first-order valence-electron chi connectivity index (χ1n) is 5.84. The van der Waals surface area contributed by atoms with Crippen LogP contribution in [-0.4, -0.2) is 11.1 Å². The number of rotatable bonds is 3. The van der Waals surface area contributed by atoms with Gasteiger partial charge in [-0.3, -0.25) is 4.79 Å². The Bertz CT molecular complexity index is 536. The fourth-order valence-corrected chi connectivity index (χ4v) is 1.42. The van der Waals surface area contributed by atoms with E-state index in [4.69, 9.17) is 5.11 Å². The second-order valence-corrected chi connectivity index (χ2v) is 3.97. The third-order valence-corrected chi connectivity index (χ3v) is 2.28. The average Bonchev–Trinajstić information content (AvgIpc) is 2.37. The maximum atomic E-state index is 12.6. The van der Waals surface area contributed by atoms with Gasteiger partial charge in [-0.2, -0.15) is 0 Å². The minimum Gasteiger partial charge on any atom is -0.481 e. The van der Waals surface area contributed by atoms with Crippen molar-refractivity contribution in [3.63, 3.8) is 0 Å². The van der Waals surface area contributed by atoms with Gasteiger partial charge >= 0.3 is 5.97 Å². The topological polar surface area (TPSA) is 37.3 Å². The van der Waals surface area contributed by atoms with Gasteiger partial charge in [0.25, 0.3) is 0 Å². The monoisotopic (exact) mass is 282 g/mol. The Hall–Kier alpha value is -2.30. The van der Waals surface area contributed by atoms with Crippen LogP contribution in [0.1, 0.15) is 12.0 Å². The van der Waals surface area contributed by atoms with Crippen LogP contribution in [0.25, 0.3) is 0 Å². The van der Waals surface area contributed by atoms with Crippen LogP contribution >= 0.6 is 0 Å². The number of benzene rings is 2. The third kappa shape index (κ3) is 6.58. The molecule has 1 N–H and O–H groups in total. The van der Waals surface area contributed by atoms with Crippen molar-refractivity contribution >= 4 is 5.97 Å². The lowest BCUT2D eigenvalue weighted by molar-refractivity contribution is -0.136. The molecule has 0 aromatic heterocycles. The van der Waals surface area contributed by atoms with Gasteiger partial charge < -0.3 is 5.11 Å². The fraction of sp³-hybridized carbons (Fsp3) is 0.133. The fourth-order valence-electron chi connectivity index (χ4n) is 1.42. The third-order valence-electron chi connectivity index (χ3n) is 2.28. The average molecular weight is 282 g/mol. The van der Waals surface area contributed by atoms with Gasteiger partial charge in [0.2, 0.25) is 0 Å². The molecule has 0 amide bonds. The molecule has 20 heavy (non-hydrogen) atoms. The molecule has 2 rings (SSSR count). The largest absolute Gasteiger partial charge is 0.481 e. The summed E-state index contributed by atoms with van der Waals surface area (Å²) in [6.45, 7) is 0. The Morgan fingerprint density at radius 1 is 0.900 bits per heavy atom. The summed E-state index contributed by atoms with van der Waals surface area (Å²) in [7, 11) is 0. The van der Waals surface area contributed by atoms with Crippen molar-refractivity contribution in [2.24, 2.45) is 0 Å². The summed E-state index contributed by atoms with van der Waals surface area (Å²) >= 11 is 0. The van der Waals surface area contributed by atoms with Gasteiger partial charge in [0.05, 0.1) is 0 Å². The van der Waals surface area contributed by atoms with E-state index in [0.717, 1.165) is 18.2 Å². The predicted octanol–water partition coefficient (Wildman–Crippen LogP) is 3.81. The van der Waals surface area contributed by atoms with Crippen LogP contribution in [0.2, 0.25) is 0 Å². The first kappa shape index (κ1) is 15.8. The summed E-state index contributed by atoms with van der Waals surface area (Å²) in [6.07, 6.45) is 0.0207. The summed E-state index contributed by atoms with van der Waals surface area (Å²) in [4.78, 5) is 10.2. The molecule has 0 saturated heterocycles. The predicted molar refractivity (Wildman–Crippen MR) is 68.7 cm³/mol. The van der Waals surface area contributed by atoms with Crippen LogP contribution in [0.15, 0.2) is 48.5 Å². The molecular weight excluding hydrogens is 269 g/mol. The highest BCUT2D eigenvalue weighted by Gasteiger charge is 2.02. The van der Waals surface area contributed by atoms with Gasteiger partial charge in [-0.05, 0) is 36.2 Å². The van der Waals surface area contributed by atoms with E-state index < -0.39 is 17.6 Å². The molecule has 0 spiro atoms. The second-order valence-electron chi connectivity index (χ2n) is 3.97. The molecule has 0 aliphatic rings. The van der Waals surface area contributed by atoms with Crippen LogP contribution in [0, 0.1) is 17.5 Å². The zero-order valence-electron chi connectivity index (χ0n) is 10.5. The number of halogens is 3. The van der Waals surface area contributed by atoms with Crippen LogP contribution in [0.5, 0.6) is 0 Å². The molecule has 0 aliphatic heterocycles. The number of carboxylic acids is 1. The van der Waals surface area contributed by atoms with Crippen LogP contribution in [0.3, 0.4) is 0 Å². The van der Waals surface area contributed by atoms with E-state index in [9.17, 15) is 18.0 Å². The molecular formula is C15H13F3O2. The van der Waals surface area contributed by atoms with E-state index in [1.165, 1.54) is 12.1 Å². The normalized spacial score (nSPS) is 9.55. The van der Waals surface area contributed by atoms with E-state index in [0.29, 0.717) is 5.56 Å². The number of aryl methyl sites for hydroxylation is 1. The molecule has 0 fully saturated rings. The molecule has 0 atom stereocenters. The van der Waals surface area contributed by atoms with Crippen molar-refractivity contribution in [2.75, 3.05) is 0 Å². The van der Waals surface area contributed by atoms with Gasteiger partial charge in [-0.25, -0.2) is 13.2 Å². The summed E-state index contributed by atoms with van der Waals surface area (Å²) in [6, 6.07) is 11.0. The summed E-state index contributed by atoms with van der Waals surface area (Å²) in [5.74, 6) is -2.52. The molecule has 0 heterocycles. The Kier molecular flexibility index (Phi) is 6.29. The summed E-state index contributed by atoms with van der Waals surface area (Å²) in [5.41, 5.74) is 0.361. The van der Waals surface area contributed by atoms with E-state index in [1.54, 1.807) is 18.2 Å². The van der Waals surface area contributed by atoms with Gasteiger partial charge in [-0.15, -0.1) is 0 Å². The molecule has 0 radical (unpaired) electrons. The lowest BCUT2D eigenvalue weighted by Gasteiger charge is -1.98. The molecule has 5 heteroatoms. The van der Waals surface area contributed by atoms with Crippen molar-refractivity contribution in [3.8, 4) is 0 Å². The molecule has 106 valence electrons. The molecule has 0 bridgehead atoms. The van der Waals surface area contributed by atoms with Gasteiger partial charge in [0.15, 0.2) is 0 Å². The Balaban J connectivity index is 0.000000240. The van der Waals surface area contributed by atoms with Crippen molar-refractivity contribution < 1.29 is 23.1 Å². The minimum absolute atomic E-state index is 0.122.